The minimum atomic E-state index is -0.795. The number of benzene rings is 2. The first-order chi connectivity index (χ1) is 12.4. The standard InChI is InChI=1S/C18H20FN3O4/c1-3-4-18(23)21-13-7-5-12(6-8-13)11-20-15-10-17(26-2)14(19)9-16(15)22(24)25/h5-10,20H,3-4,11H2,1-2H3,(H,21,23). The van der Waals surface area contributed by atoms with Crippen LogP contribution in [0.5, 0.6) is 5.75 Å². The molecular weight excluding hydrogens is 341 g/mol. The lowest BCUT2D eigenvalue weighted by Gasteiger charge is -2.10. The maximum Gasteiger partial charge on any atom is 0.295 e. The van der Waals surface area contributed by atoms with Gasteiger partial charge in [0.25, 0.3) is 5.69 Å². The molecule has 0 atom stereocenters. The summed E-state index contributed by atoms with van der Waals surface area (Å²) in [7, 11) is 1.29. The average molecular weight is 361 g/mol. The van der Waals surface area contributed by atoms with Gasteiger partial charge in [0, 0.05) is 24.7 Å². The van der Waals surface area contributed by atoms with Crippen LogP contribution in [0.1, 0.15) is 25.3 Å². The molecule has 0 fully saturated rings. The lowest BCUT2D eigenvalue weighted by atomic mass is 10.2. The summed E-state index contributed by atoms with van der Waals surface area (Å²) in [6.07, 6.45) is 1.23. The molecule has 26 heavy (non-hydrogen) atoms. The van der Waals surface area contributed by atoms with Crippen LogP contribution in [0.4, 0.5) is 21.5 Å². The quantitative estimate of drug-likeness (QED) is 0.545. The molecule has 2 N–H and O–H groups in total. The molecule has 0 saturated carbocycles. The van der Waals surface area contributed by atoms with Gasteiger partial charge in [-0.05, 0) is 24.1 Å². The summed E-state index contributed by atoms with van der Waals surface area (Å²) in [4.78, 5) is 22.0. The predicted octanol–water partition coefficient (Wildman–Crippen LogP) is 4.09. The molecule has 0 bridgehead atoms. The molecule has 0 saturated heterocycles. The van der Waals surface area contributed by atoms with E-state index in [4.69, 9.17) is 4.74 Å². The molecule has 2 rings (SSSR count). The van der Waals surface area contributed by atoms with Gasteiger partial charge < -0.3 is 15.4 Å². The van der Waals surface area contributed by atoms with Gasteiger partial charge in [-0.25, -0.2) is 4.39 Å². The zero-order chi connectivity index (χ0) is 19.1. The van der Waals surface area contributed by atoms with Gasteiger partial charge in [-0.15, -0.1) is 0 Å². The molecular formula is C18H20FN3O4. The van der Waals surface area contributed by atoms with Crippen molar-refractivity contribution in [2.24, 2.45) is 0 Å². The molecule has 1 amide bonds. The SMILES string of the molecule is CCCC(=O)Nc1ccc(CNc2cc(OC)c(F)cc2[N+](=O)[O-])cc1. The first-order valence-corrected chi connectivity index (χ1v) is 8.09. The Morgan fingerprint density at radius 3 is 2.54 bits per heavy atom. The van der Waals surface area contributed by atoms with Gasteiger partial charge in [0.1, 0.15) is 5.69 Å². The highest BCUT2D eigenvalue weighted by molar-refractivity contribution is 5.90. The number of carbonyl (C=O) groups is 1. The molecule has 0 aliphatic heterocycles. The Morgan fingerprint density at radius 1 is 1.27 bits per heavy atom. The van der Waals surface area contributed by atoms with Crippen LogP contribution in [0.25, 0.3) is 0 Å². The molecule has 0 aliphatic rings. The molecule has 8 heteroatoms. The zero-order valence-corrected chi connectivity index (χ0v) is 14.5. The molecule has 0 radical (unpaired) electrons. The first kappa shape index (κ1) is 19.2. The molecule has 0 spiro atoms. The van der Waals surface area contributed by atoms with Gasteiger partial charge in [-0.2, -0.15) is 0 Å². The summed E-state index contributed by atoms with van der Waals surface area (Å²) < 4.78 is 18.5. The Balaban J connectivity index is 2.08. The number of nitrogens with one attached hydrogen (secondary N) is 2. The van der Waals surface area contributed by atoms with Crippen LogP contribution in [0.2, 0.25) is 0 Å². The Kier molecular flexibility index (Phi) is 6.48. The van der Waals surface area contributed by atoms with E-state index in [1.165, 1.54) is 13.2 Å². The van der Waals surface area contributed by atoms with Crippen molar-refractivity contribution in [3.05, 3.63) is 57.9 Å². The number of halogens is 1. The first-order valence-electron chi connectivity index (χ1n) is 8.09. The van der Waals surface area contributed by atoms with E-state index >= 15 is 0 Å². The van der Waals surface area contributed by atoms with E-state index in [-0.39, 0.29) is 23.0 Å². The predicted molar refractivity (Wildman–Crippen MR) is 96.9 cm³/mol. The maximum absolute atomic E-state index is 13.7. The van der Waals surface area contributed by atoms with Crippen LogP contribution >= 0.6 is 0 Å². The third kappa shape index (κ3) is 4.92. The summed E-state index contributed by atoms with van der Waals surface area (Å²) in [5.74, 6) is -0.920. The minimum Gasteiger partial charge on any atom is -0.494 e. The van der Waals surface area contributed by atoms with Gasteiger partial charge in [-0.1, -0.05) is 19.1 Å². The van der Waals surface area contributed by atoms with Crippen LogP contribution in [0.3, 0.4) is 0 Å². The fraction of sp³-hybridized carbons (Fsp3) is 0.278. The second kappa shape index (κ2) is 8.80. The van der Waals surface area contributed by atoms with E-state index < -0.39 is 10.7 Å². The van der Waals surface area contributed by atoms with Crippen LogP contribution in [-0.2, 0) is 11.3 Å². The highest BCUT2D eigenvalue weighted by atomic mass is 19.1. The highest BCUT2D eigenvalue weighted by Gasteiger charge is 2.18. The largest absolute Gasteiger partial charge is 0.494 e. The maximum atomic E-state index is 13.7. The van der Waals surface area contributed by atoms with Crippen molar-refractivity contribution >= 4 is 23.0 Å². The normalized spacial score (nSPS) is 10.3. The van der Waals surface area contributed by atoms with E-state index in [0.29, 0.717) is 18.7 Å². The number of hydrogen-bond acceptors (Lipinski definition) is 5. The fourth-order valence-corrected chi connectivity index (χ4v) is 2.35. The summed E-state index contributed by atoms with van der Waals surface area (Å²) in [6.45, 7) is 2.22. The molecule has 7 nitrogen and oxygen atoms in total. The van der Waals surface area contributed by atoms with Crippen LogP contribution in [-0.4, -0.2) is 17.9 Å². The van der Waals surface area contributed by atoms with Crippen molar-refractivity contribution in [2.45, 2.75) is 26.3 Å². The number of nitrogens with zero attached hydrogens (tertiary/aromatic N) is 1. The molecule has 0 unspecified atom stereocenters. The molecule has 138 valence electrons. The van der Waals surface area contributed by atoms with E-state index in [9.17, 15) is 19.3 Å². The lowest BCUT2D eigenvalue weighted by molar-refractivity contribution is -0.384. The van der Waals surface area contributed by atoms with Gasteiger partial charge in [0.05, 0.1) is 18.1 Å². The van der Waals surface area contributed by atoms with Gasteiger partial charge in [0.2, 0.25) is 5.91 Å². The monoisotopic (exact) mass is 361 g/mol. The number of nitro benzene ring substituents is 1. The van der Waals surface area contributed by atoms with E-state index in [1.807, 2.05) is 6.92 Å². The molecule has 0 aromatic heterocycles. The molecule has 0 aliphatic carbocycles. The van der Waals surface area contributed by atoms with E-state index in [1.54, 1.807) is 24.3 Å². The highest BCUT2D eigenvalue weighted by Crippen LogP contribution is 2.32. The molecule has 2 aromatic carbocycles. The third-order valence-corrected chi connectivity index (χ3v) is 3.66. The second-order valence-corrected chi connectivity index (χ2v) is 5.61. The summed E-state index contributed by atoms with van der Waals surface area (Å²) >= 11 is 0. The number of hydrogen-bond donors (Lipinski definition) is 2. The lowest BCUT2D eigenvalue weighted by Crippen LogP contribution is -2.10. The zero-order valence-electron chi connectivity index (χ0n) is 14.5. The summed E-state index contributed by atoms with van der Waals surface area (Å²) in [5.41, 5.74) is 1.32. The second-order valence-electron chi connectivity index (χ2n) is 5.61. The molecule has 0 heterocycles. The van der Waals surface area contributed by atoms with Crippen LogP contribution < -0.4 is 15.4 Å². The Bertz CT molecular complexity index is 794. The number of nitro groups is 1. The van der Waals surface area contributed by atoms with Crippen molar-refractivity contribution in [3.63, 3.8) is 0 Å². The van der Waals surface area contributed by atoms with Crippen molar-refractivity contribution in [1.29, 1.82) is 0 Å². The fourth-order valence-electron chi connectivity index (χ4n) is 2.35. The number of anilines is 2. The van der Waals surface area contributed by atoms with Crippen molar-refractivity contribution < 1.29 is 18.8 Å². The van der Waals surface area contributed by atoms with Crippen molar-refractivity contribution in [3.8, 4) is 5.75 Å². The topological polar surface area (TPSA) is 93.5 Å². The van der Waals surface area contributed by atoms with Crippen molar-refractivity contribution in [1.82, 2.24) is 0 Å². The number of carbonyl (C=O) groups excluding carboxylic acids is 1. The number of ether oxygens (including phenoxy) is 1. The van der Waals surface area contributed by atoms with Gasteiger partial charge >= 0.3 is 0 Å². The summed E-state index contributed by atoms with van der Waals surface area (Å²) in [6, 6.07) is 9.18. The Labute approximate surface area is 150 Å². The van der Waals surface area contributed by atoms with Crippen molar-refractivity contribution in [2.75, 3.05) is 17.7 Å². The van der Waals surface area contributed by atoms with Gasteiger partial charge in [-0.3, -0.25) is 14.9 Å². The van der Waals surface area contributed by atoms with E-state index in [0.717, 1.165) is 18.1 Å². The summed E-state index contributed by atoms with van der Waals surface area (Å²) in [5, 5.41) is 16.8. The number of amides is 1. The van der Waals surface area contributed by atoms with Crippen LogP contribution in [0.15, 0.2) is 36.4 Å². The smallest absolute Gasteiger partial charge is 0.295 e. The number of rotatable bonds is 8. The third-order valence-electron chi connectivity index (χ3n) is 3.66. The molecule has 2 aromatic rings. The average Bonchev–Trinajstić information content (AvgIpc) is 2.61. The van der Waals surface area contributed by atoms with Gasteiger partial charge in [0.15, 0.2) is 11.6 Å². The van der Waals surface area contributed by atoms with Crippen LogP contribution in [0, 0.1) is 15.9 Å². The van der Waals surface area contributed by atoms with E-state index in [2.05, 4.69) is 10.6 Å². The Hall–Kier alpha value is -3.16. The number of methoxy groups -OCH3 is 1. The Morgan fingerprint density at radius 2 is 1.96 bits per heavy atom. The minimum absolute atomic E-state index is 0.0487.